The van der Waals surface area contributed by atoms with Crippen molar-refractivity contribution in [3.05, 3.63) is 59.7 Å². The molecule has 7 heteroatoms. The first-order valence-electron chi connectivity index (χ1n) is 8.56. The number of tetrazole rings is 1. The maximum absolute atomic E-state index is 12.1. The molecule has 132 valence electrons. The second-order valence-electron chi connectivity index (χ2n) is 5.99. The lowest BCUT2D eigenvalue weighted by molar-refractivity contribution is 0.0493. The molecule has 7 nitrogen and oxygen atoms in total. The third-order valence-corrected chi connectivity index (χ3v) is 4.15. The lowest BCUT2D eigenvalue weighted by Crippen LogP contribution is -2.10. The van der Waals surface area contributed by atoms with Gasteiger partial charge in [-0.3, -0.25) is 0 Å². The van der Waals surface area contributed by atoms with E-state index in [0.29, 0.717) is 37.6 Å². The van der Waals surface area contributed by atoms with Crippen molar-refractivity contribution < 1.29 is 14.3 Å². The Hall–Kier alpha value is -3.22. The van der Waals surface area contributed by atoms with Gasteiger partial charge < -0.3 is 9.47 Å². The standard InChI is InChI=1S/C19H18N4O3/c24-19(16-7-8-17-15(13-16)9-12-25-17)26-11-4-10-23-21-18(20-22-23)14-5-2-1-3-6-14/h1-3,5-8,13H,4,9-12H2. The Kier molecular flexibility index (Phi) is 4.59. The number of carbonyl (C=O) groups excluding carboxylic acids is 1. The highest BCUT2D eigenvalue weighted by Crippen LogP contribution is 2.26. The number of rotatable bonds is 6. The van der Waals surface area contributed by atoms with Crippen molar-refractivity contribution in [1.29, 1.82) is 0 Å². The van der Waals surface area contributed by atoms with Crippen molar-refractivity contribution in [3.63, 3.8) is 0 Å². The molecule has 0 spiro atoms. The number of fused-ring (bicyclic) bond motifs is 1. The maximum Gasteiger partial charge on any atom is 0.338 e. The van der Waals surface area contributed by atoms with E-state index in [1.165, 1.54) is 4.80 Å². The molecule has 0 fully saturated rings. The van der Waals surface area contributed by atoms with Gasteiger partial charge in [-0.25, -0.2) is 4.79 Å². The Balaban J connectivity index is 1.26. The van der Waals surface area contributed by atoms with Crippen molar-refractivity contribution in [2.75, 3.05) is 13.2 Å². The summed E-state index contributed by atoms with van der Waals surface area (Å²) >= 11 is 0. The fourth-order valence-electron chi connectivity index (χ4n) is 2.81. The van der Waals surface area contributed by atoms with E-state index in [4.69, 9.17) is 9.47 Å². The average Bonchev–Trinajstić information content (AvgIpc) is 3.34. The van der Waals surface area contributed by atoms with Crippen LogP contribution in [0.25, 0.3) is 11.4 Å². The first-order valence-corrected chi connectivity index (χ1v) is 8.56. The van der Waals surface area contributed by atoms with Gasteiger partial charge in [0.2, 0.25) is 5.82 Å². The molecule has 26 heavy (non-hydrogen) atoms. The minimum Gasteiger partial charge on any atom is -0.493 e. The Morgan fingerprint density at radius 3 is 2.96 bits per heavy atom. The van der Waals surface area contributed by atoms with E-state index in [1.54, 1.807) is 6.07 Å². The summed E-state index contributed by atoms with van der Waals surface area (Å²) in [6.07, 6.45) is 1.45. The molecule has 0 radical (unpaired) electrons. The molecule has 1 aliphatic rings. The molecule has 0 bridgehead atoms. The fraction of sp³-hybridized carbons (Fsp3) is 0.263. The van der Waals surface area contributed by atoms with E-state index in [0.717, 1.165) is 23.3 Å². The second kappa shape index (κ2) is 7.35. The summed E-state index contributed by atoms with van der Waals surface area (Å²) in [7, 11) is 0. The lowest BCUT2D eigenvalue weighted by atomic mass is 10.1. The van der Waals surface area contributed by atoms with E-state index in [9.17, 15) is 4.79 Å². The summed E-state index contributed by atoms with van der Waals surface area (Å²) in [5.41, 5.74) is 2.53. The molecule has 0 amide bonds. The van der Waals surface area contributed by atoms with Gasteiger partial charge in [-0.1, -0.05) is 30.3 Å². The van der Waals surface area contributed by atoms with Gasteiger partial charge in [-0.2, -0.15) is 4.80 Å². The number of esters is 1. The number of hydrogen-bond acceptors (Lipinski definition) is 6. The number of benzene rings is 2. The van der Waals surface area contributed by atoms with Crippen LogP contribution in [-0.2, 0) is 17.7 Å². The summed E-state index contributed by atoms with van der Waals surface area (Å²) < 4.78 is 10.8. The molecule has 0 unspecified atom stereocenters. The van der Waals surface area contributed by atoms with Gasteiger partial charge in [0.1, 0.15) is 5.75 Å². The molecule has 1 aliphatic heterocycles. The van der Waals surface area contributed by atoms with Gasteiger partial charge in [0.25, 0.3) is 0 Å². The van der Waals surface area contributed by atoms with Crippen LogP contribution in [0.15, 0.2) is 48.5 Å². The molecule has 0 atom stereocenters. The van der Waals surface area contributed by atoms with E-state index in [-0.39, 0.29) is 5.97 Å². The summed E-state index contributed by atoms with van der Waals surface area (Å²) in [6.45, 7) is 1.50. The van der Waals surface area contributed by atoms with Gasteiger partial charge in [0.05, 0.1) is 25.3 Å². The molecule has 1 aromatic heterocycles. The second-order valence-corrected chi connectivity index (χ2v) is 5.99. The highest BCUT2D eigenvalue weighted by molar-refractivity contribution is 5.89. The zero-order chi connectivity index (χ0) is 17.8. The van der Waals surface area contributed by atoms with E-state index < -0.39 is 0 Å². The quantitative estimate of drug-likeness (QED) is 0.502. The van der Waals surface area contributed by atoms with Gasteiger partial charge in [0.15, 0.2) is 0 Å². The Labute approximate surface area is 150 Å². The van der Waals surface area contributed by atoms with Crippen LogP contribution in [0.3, 0.4) is 0 Å². The summed E-state index contributed by atoms with van der Waals surface area (Å²) in [5.74, 6) is 1.12. The van der Waals surface area contributed by atoms with E-state index >= 15 is 0 Å². The predicted octanol–water partition coefficient (Wildman–Crippen LogP) is 2.52. The first kappa shape index (κ1) is 16.3. The van der Waals surface area contributed by atoms with Crippen LogP contribution in [0.4, 0.5) is 0 Å². The number of carbonyl (C=O) groups is 1. The number of ether oxygens (including phenoxy) is 2. The van der Waals surface area contributed by atoms with Crippen molar-refractivity contribution in [1.82, 2.24) is 20.2 Å². The summed E-state index contributed by atoms with van der Waals surface area (Å²) in [4.78, 5) is 13.6. The number of hydrogen-bond donors (Lipinski definition) is 0. The van der Waals surface area contributed by atoms with Crippen LogP contribution in [0, 0.1) is 0 Å². The van der Waals surface area contributed by atoms with Crippen molar-refractivity contribution in [3.8, 4) is 17.1 Å². The van der Waals surface area contributed by atoms with Crippen LogP contribution in [0.2, 0.25) is 0 Å². The van der Waals surface area contributed by atoms with Crippen LogP contribution in [0.5, 0.6) is 5.75 Å². The van der Waals surface area contributed by atoms with Gasteiger partial charge in [-0.15, -0.1) is 10.2 Å². The topological polar surface area (TPSA) is 79.1 Å². The van der Waals surface area contributed by atoms with Crippen molar-refractivity contribution in [2.24, 2.45) is 0 Å². The fourth-order valence-corrected chi connectivity index (χ4v) is 2.81. The molecule has 3 aromatic rings. The molecule has 2 aromatic carbocycles. The van der Waals surface area contributed by atoms with Crippen LogP contribution in [0.1, 0.15) is 22.3 Å². The third-order valence-electron chi connectivity index (χ3n) is 4.15. The van der Waals surface area contributed by atoms with E-state index in [1.807, 2.05) is 42.5 Å². The summed E-state index contributed by atoms with van der Waals surface area (Å²) in [6, 6.07) is 15.1. The van der Waals surface area contributed by atoms with Gasteiger partial charge in [-0.05, 0) is 29.0 Å². The molecular weight excluding hydrogens is 332 g/mol. The minimum absolute atomic E-state index is 0.300. The predicted molar refractivity (Wildman–Crippen MR) is 93.8 cm³/mol. The lowest BCUT2D eigenvalue weighted by Gasteiger charge is -2.06. The van der Waals surface area contributed by atoms with Gasteiger partial charge in [0, 0.05) is 18.4 Å². The van der Waals surface area contributed by atoms with Gasteiger partial charge >= 0.3 is 5.97 Å². The Morgan fingerprint density at radius 1 is 1.19 bits per heavy atom. The zero-order valence-electron chi connectivity index (χ0n) is 14.2. The number of aryl methyl sites for hydroxylation is 1. The van der Waals surface area contributed by atoms with Crippen molar-refractivity contribution >= 4 is 5.97 Å². The Bertz CT molecular complexity index is 908. The Morgan fingerprint density at radius 2 is 2.08 bits per heavy atom. The molecule has 0 aliphatic carbocycles. The zero-order valence-corrected chi connectivity index (χ0v) is 14.2. The maximum atomic E-state index is 12.1. The molecule has 0 saturated carbocycles. The van der Waals surface area contributed by atoms with Crippen LogP contribution in [-0.4, -0.2) is 39.4 Å². The van der Waals surface area contributed by atoms with E-state index in [2.05, 4.69) is 15.4 Å². The molecule has 0 saturated heterocycles. The SMILES string of the molecule is O=C(OCCCn1nnc(-c2ccccc2)n1)c1ccc2c(c1)CCO2. The smallest absolute Gasteiger partial charge is 0.338 e. The highest BCUT2D eigenvalue weighted by Gasteiger charge is 2.15. The number of nitrogens with zero attached hydrogens (tertiary/aromatic N) is 4. The normalized spacial score (nSPS) is 12.5. The van der Waals surface area contributed by atoms with Crippen LogP contribution < -0.4 is 4.74 Å². The largest absolute Gasteiger partial charge is 0.493 e. The first-order chi connectivity index (χ1) is 12.8. The highest BCUT2D eigenvalue weighted by atomic mass is 16.5. The van der Waals surface area contributed by atoms with Crippen molar-refractivity contribution in [2.45, 2.75) is 19.4 Å². The average molecular weight is 350 g/mol. The number of aromatic nitrogens is 4. The monoisotopic (exact) mass is 350 g/mol. The minimum atomic E-state index is -0.323. The summed E-state index contributed by atoms with van der Waals surface area (Å²) in [5, 5.41) is 12.4. The molecule has 0 N–H and O–H groups in total. The molecule has 4 rings (SSSR count). The third kappa shape index (κ3) is 3.56. The molecular formula is C19H18N4O3. The molecule has 2 heterocycles. The van der Waals surface area contributed by atoms with Crippen LogP contribution >= 0.6 is 0 Å².